The van der Waals surface area contributed by atoms with E-state index in [1.165, 1.54) is 7.11 Å². The van der Waals surface area contributed by atoms with E-state index in [9.17, 15) is 23.7 Å². The van der Waals surface area contributed by atoms with E-state index in [1.54, 1.807) is 0 Å². The highest BCUT2D eigenvalue weighted by Gasteiger charge is 2.17. The summed E-state index contributed by atoms with van der Waals surface area (Å²) in [6.07, 6.45) is 0. The molecule has 2 N–H and O–H groups in total. The van der Waals surface area contributed by atoms with Crippen molar-refractivity contribution in [3.05, 3.63) is 33.9 Å². The highest BCUT2D eigenvalue weighted by Crippen LogP contribution is 2.24. The maximum Gasteiger partial charge on any atom is 0.275 e. The van der Waals surface area contributed by atoms with Crippen molar-refractivity contribution in [2.75, 3.05) is 32.1 Å². The lowest BCUT2D eigenvalue weighted by Crippen LogP contribution is -2.32. The van der Waals surface area contributed by atoms with Gasteiger partial charge in [0.1, 0.15) is 5.69 Å². The van der Waals surface area contributed by atoms with Crippen LogP contribution >= 0.6 is 0 Å². The maximum atomic E-state index is 13.5. The first-order chi connectivity index (χ1) is 9.45. The normalized spacial score (nSPS) is 10.2. The number of nitro groups is 1. The van der Waals surface area contributed by atoms with E-state index in [4.69, 9.17) is 4.74 Å². The topological polar surface area (TPSA) is 93.5 Å². The molecular weight excluding hydrogens is 276 g/mol. The Morgan fingerprint density at radius 2 is 2.00 bits per heavy atom. The summed E-state index contributed by atoms with van der Waals surface area (Å²) in [4.78, 5) is 20.8. The molecule has 0 aromatic heterocycles. The van der Waals surface area contributed by atoms with Gasteiger partial charge in [0.05, 0.1) is 30.2 Å². The van der Waals surface area contributed by atoms with Crippen LogP contribution in [0, 0.1) is 21.7 Å². The number of nitro benzene ring substituents is 1. The monoisotopic (exact) mass is 289 g/mol. The van der Waals surface area contributed by atoms with Gasteiger partial charge in [0.15, 0.2) is 11.6 Å². The molecule has 0 aliphatic heterocycles. The molecule has 20 heavy (non-hydrogen) atoms. The zero-order valence-corrected chi connectivity index (χ0v) is 10.6. The minimum Gasteiger partial charge on any atom is -0.383 e. The van der Waals surface area contributed by atoms with Gasteiger partial charge in [-0.2, -0.15) is 0 Å². The minimum atomic E-state index is -1.14. The number of rotatable bonds is 7. The third-order valence-electron chi connectivity index (χ3n) is 2.29. The number of ether oxygens (including phenoxy) is 1. The van der Waals surface area contributed by atoms with E-state index in [1.807, 2.05) is 0 Å². The molecule has 0 spiro atoms. The predicted molar refractivity (Wildman–Crippen MR) is 66.4 cm³/mol. The van der Waals surface area contributed by atoms with E-state index in [0.29, 0.717) is 18.7 Å². The molecule has 1 rings (SSSR count). The van der Waals surface area contributed by atoms with Crippen molar-refractivity contribution in [2.24, 2.45) is 0 Å². The molecule has 0 saturated heterocycles. The number of anilines is 1. The van der Waals surface area contributed by atoms with Crippen molar-refractivity contribution < 1.29 is 23.2 Å². The summed E-state index contributed by atoms with van der Waals surface area (Å²) >= 11 is 0. The predicted octanol–water partition coefficient (Wildman–Crippen LogP) is 1.05. The van der Waals surface area contributed by atoms with Crippen LogP contribution in [0.15, 0.2) is 12.1 Å². The fourth-order valence-corrected chi connectivity index (χ4v) is 1.36. The molecule has 0 atom stereocenters. The lowest BCUT2D eigenvalue weighted by Gasteiger charge is -2.09. The average molecular weight is 289 g/mol. The smallest absolute Gasteiger partial charge is 0.275 e. The number of hydrogen-bond acceptors (Lipinski definition) is 5. The first-order valence-corrected chi connectivity index (χ1v) is 5.58. The molecule has 7 nitrogen and oxygen atoms in total. The van der Waals surface area contributed by atoms with Crippen LogP contribution in [0.5, 0.6) is 0 Å². The van der Waals surface area contributed by atoms with Crippen LogP contribution < -0.4 is 10.6 Å². The Kier molecular flexibility index (Phi) is 5.78. The van der Waals surface area contributed by atoms with Gasteiger partial charge in [-0.1, -0.05) is 0 Å². The van der Waals surface area contributed by atoms with E-state index in [0.717, 1.165) is 0 Å². The summed E-state index contributed by atoms with van der Waals surface area (Å²) < 4.78 is 31.6. The number of hydrogen-bond donors (Lipinski definition) is 2. The second kappa shape index (κ2) is 7.34. The minimum absolute atomic E-state index is 0.266. The molecule has 0 bridgehead atoms. The number of amides is 1. The standard InChI is InChI=1S/C11H13F2N3O4/c1-20-3-2-14-10(17)6-15-11-8(12)4-7(16(18)19)5-9(11)13/h4-5,15H,2-3,6H2,1H3,(H,14,17). The van der Waals surface area contributed by atoms with Gasteiger partial charge >= 0.3 is 0 Å². The zero-order chi connectivity index (χ0) is 15.1. The second-order valence-corrected chi connectivity index (χ2v) is 3.74. The van der Waals surface area contributed by atoms with Gasteiger partial charge in [0.25, 0.3) is 5.69 Å². The van der Waals surface area contributed by atoms with Crippen LogP contribution in [0.1, 0.15) is 0 Å². The second-order valence-electron chi connectivity index (χ2n) is 3.74. The molecule has 1 aromatic carbocycles. The highest BCUT2D eigenvalue weighted by atomic mass is 19.1. The Morgan fingerprint density at radius 1 is 1.40 bits per heavy atom. The number of carbonyl (C=O) groups is 1. The van der Waals surface area contributed by atoms with E-state index < -0.39 is 33.8 Å². The van der Waals surface area contributed by atoms with Gasteiger partial charge in [0, 0.05) is 13.7 Å². The Bertz CT molecular complexity index is 487. The summed E-state index contributed by atoms with van der Waals surface area (Å²) in [6.45, 7) is 0.212. The Labute approximate surface area is 113 Å². The van der Waals surface area contributed by atoms with Crippen molar-refractivity contribution in [1.82, 2.24) is 5.32 Å². The maximum absolute atomic E-state index is 13.5. The van der Waals surface area contributed by atoms with Crippen LogP contribution in [-0.2, 0) is 9.53 Å². The van der Waals surface area contributed by atoms with E-state index >= 15 is 0 Å². The number of carbonyl (C=O) groups excluding carboxylic acids is 1. The van der Waals surface area contributed by atoms with Crippen molar-refractivity contribution in [1.29, 1.82) is 0 Å². The van der Waals surface area contributed by atoms with Gasteiger partial charge in [-0.25, -0.2) is 8.78 Å². The Morgan fingerprint density at radius 3 is 2.50 bits per heavy atom. The molecule has 9 heteroatoms. The molecule has 1 amide bonds. The number of nitrogens with one attached hydrogen (secondary N) is 2. The first-order valence-electron chi connectivity index (χ1n) is 5.58. The number of methoxy groups -OCH3 is 1. The Balaban J connectivity index is 2.64. The first kappa shape index (κ1) is 15.8. The average Bonchev–Trinajstić information content (AvgIpc) is 2.37. The van der Waals surface area contributed by atoms with Crippen molar-refractivity contribution in [2.45, 2.75) is 0 Å². The third-order valence-corrected chi connectivity index (χ3v) is 2.29. The van der Waals surface area contributed by atoms with Crippen molar-refractivity contribution >= 4 is 17.3 Å². The molecule has 1 aromatic rings. The Hall–Kier alpha value is -2.29. The number of non-ortho nitro benzene ring substituents is 1. The van der Waals surface area contributed by atoms with E-state index in [2.05, 4.69) is 10.6 Å². The molecular formula is C11H13F2N3O4. The van der Waals surface area contributed by atoms with Gasteiger partial charge in [0.2, 0.25) is 5.91 Å². The molecule has 0 radical (unpaired) electrons. The number of benzene rings is 1. The highest BCUT2D eigenvalue weighted by molar-refractivity contribution is 5.80. The lowest BCUT2D eigenvalue weighted by molar-refractivity contribution is -0.385. The van der Waals surface area contributed by atoms with E-state index in [-0.39, 0.29) is 13.1 Å². The SMILES string of the molecule is COCCNC(=O)CNc1c(F)cc([N+](=O)[O-])cc1F. The zero-order valence-electron chi connectivity index (χ0n) is 10.6. The van der Waals surface area contributed by atoms with Crippen LogP contribution in [0.2, 0.25) is 0 Å². The van der Waals surface area contributed by atoms with Gasteiger partial charge < -0.3 is 15.4 Å². The van der Waals surface area contributed by atoms with Crippen LogP contribution in [-0.4, -0.2) is 37.6 Å². The lowest BCUT2D eigenvalue weighted by atomic mass is 10.2. The molecule has 0 saturated carbocycles. The summed E-state index contributed by atoms with van der Waals surface area (Å²) in [5, 5.41) is 15.1. The summed E-state index contributed by atoms with van der Waals surface area (Å²) in [5.74, 6) is -2.76. The van der Waals surface area contributed by atoms with Crippen LogP contribution in [0.4, 0.5) is 20.2 Å². The summed E-state index contributed by atoms with van der Waals surface area (Å²) in [6, 6.07) is 1.16. The fourth-order valence-electron chi connectivity index (χ4n) is 1.36. The number of nitrogens with zero attached hydrogens (tertiary/aromatic N) is 1. The van der Waals surface area contributed by atoms with Gasteiger partial charge in [-0.3, -0.25) is 14.9 Å². The molecule has 0 fully saturated rings. The van der Waals surface area contributed by atoms with Crippen LogP contribution in [0.25, 0.3) is 0 Å². The van der Waals surface area contributed by atoms with Crippen LogP contribution in [0.3, 0.4) is 0 Å². The number of halogens is 2. The molecule has 0 heterocycles. The van der Waals surface area contributed by atoms with Gasteiger partial charge in [-0.05, 0) is 0 Å². The summed E-state index contributed by atoms with van der Waals surface area (Å²) in [7, 11) is 1.46. The quantitative estimate of drug-likeness (QED) is 0.444. The summed E-state index contributed by atoms with van der Waals surface area (Å²) in [5.41, 5.74) is -1.28. The third kappa shape index (κ3) is 4.43. The van der Waals surface area contributed by atoms with Gasteiger partial charge in [-0.15, -0.1) is 0 Å². The fraction of sp³-hybridized carbons (Fsp3) is 0.364. The molecule has 0 aliphatic carbocycles. The molecule has 0 unspecified atom stereocenters. The van der Waals surface area contributed by atoms with Crippen molar-refractivity contribution in [3.8, 4) is 0 Å². The molecule has 0 aliphatic rings. The largest absolute Gasteiger partial charge is 0.383 e. The molecule has 110 valence electrons. The van der Waals surface area contributed by atoms with Crippen molar-refractivity contribution in [3.63, 3.8) is 0 Å².